The van der Waals surface area contributed by atoms with Crippen molar-refractivity contribution in [2.24, 2.45) is 7.05 Å². The molecule has 0 saturated carbocycles. The van der Waals surface area contributed by atoms with E-state index in [2.05, 4.69) is 10.3 Å². The molecule has 0 aliphatic carbocycles. The molecule has 1 fully saturated rings. The summed E-state index contributed by atoms with van der Waals surface area (Å²) in [5, 5.41) is 3.15. The first kappa shape index (κ1) is 18.9. The van der Waals surface area contributed by atoms with Gasteiger partial charge < -0.3 is 9.88 Å². The molecular weight excluding hydrogens is 369 g/mol. The molecule has 1 aromatic heterocycles. The molecule has 1 aliphatic rings. The van der Waals surface area contributed by atoms with Crippen LogP contribution >= 0.6 is 0 Å². The van der Waals surface area contributed by atoms with Crippen molar-refractivity contribution in [2.45, 2.75) is 23.5 Å². The van der Waals surface area contributed by atoms with Crippen LogP contribution in [0.25, 0.3) is 0 Å². The van der Waals surface area contributed by atoms with E-state index in [-0.39, 0.29) is 17.0 Å². The molecule has 1 atom stereocenters. The predicted molar refractivity (Wildman–Crippen MR) is 88.9 cm³/mol. The normalized spacial score (nSPS) is 19.6. The summed E-state index contributed by atoms with van der Waals surface area (Å²) < 4.78 is 66.6. The molecule has 0 amide bonds. The highest BCUT2D eigenvalue weighted by Crippen LogP contribution is 2.29. The summed E-state index contributed by atoms with van der Waals surface area (Å²) in [7, 11) is -2.07. The first-order valence-corrected chi connectivity index (χ1v) is 9.48. The van der Waals surface area contributed by atoms with Crippen LogP contribution in [0.4, 0.5) is 13.2 Å². The van der Waals surface area contributed by atoms with Crippen molar-refractivity contribution in [2.75, 3.05) is 19.6 Å². The van der Waals surface area contributed by atoms with Crippen LogP contribution in [-0.4, -0.2) is 48.1 Å². The Bertz CT molecular complexity index is 862. The number of sulfonamides is 1. The highest BCUT2D eigenvalue weighted by Gasteiger charge is 2.36. The summed E-state index contributed by atoms with van der Waals surface area (Å²) >= 11 is 0. The Balaban J connectivity index is 1.89. The lowest BCUT2D eigenvalue weighted by molar-refractivity contribution is -0.127. The highest BCUT2D eigenvalue weighted by molar-refractivity contribution is 7.89. The van der Waals surface area contributed by atoms with Gasteiger partial charge in [-0.05, 0) is 17.7 Å². The maximum absolute atomic E-state index is 13.0. The van der Waals surface area contributed by atoms with Gasteiger partial charge in [0.15, 0.2) is 0 Å². The number of nitrogens with zero attached hydrogens (tertiary/aromatic N) is 3. The van der Waals surface area contributed by atoms with Gasteiger partial charge in [0, 0.05) is 39.1 Å². The number of halogens is 3. The van der Waals surface area contributed by atoms with Crippen LogP contribution in [0.5, 0.6) is 0 Å². The van der Waals surface area contributed by atoms with Crippen molar-refractivity contribution in [3.8, 4) is 0 Å². The Morgan fingerprint density at radius 3 is 2.54 bits per heavy atom. The molecule has 26 heavy (non-hydrogen) atoms. The summed E-state index contributed by atoms with van der Waals surface area (Å²) in [5.74, 6) is 0.606. The Labute approximate surface area is 149 Å². The number of aromatic nitrogens is 2. The van der Waals surface area contributed by atoms with E-state index in [9.17, 15) is 21.6 Å². The molecule has 2 aromatic rings. The van der Waals surface area contributed by atoms with E-state index < -0.39 is 28.7 Å². The van der Waals surface area contributed by atoms with Crippen molar-refractivity contribution in [1.82, 2.24) is 19.2 Å². The third-order valence-corrected chi connectivity index (χ3v) is 6.21. The summed E-state index contributed by atoms with van der Waals surface area (Å²) in [4.78, 5) is 4.22. The lowest BCUT2D eigenvalue weighted by Gasteiger charge is -2.34. The minimum atomic E-state index is -4.33. The van der Waals surface area contributed by atoms with Gasteiger partial charge in [0.05, 0.1) is 17.4 Å². The molecule has 10 heteroatoms. The SMILES string of the molecule is Cn1ccnc1C1CNCCN1S(=O)(=O)c1ccc(CC(F)(F)F)cc1. The molecule has 1 aromatic carbocycles. The van der Waals surface area contributed by atoms with Crippen LogP contribution in [0.3, 0.4) is 0 Å². The molecule has 1 saturated heterocycles. The van der Waals surface area contributed by atoms with E-state index in [0.717, 1.165) is 0 Å². The van der Waals surface area contributed by atoms with Crippen LogP contribution in [0.2, 0.25) is 0 Å². The molecule has 0 radical (unpaired) electrons. The first-order valence-electron chi connectivity index (χ1n) is 8.04. The lowest BCUT2D eigenvalue weighted by Crippen LogP contribution is -2.49. The minimum absolute atomic E-state index is 0.0236. The van der Waals surface area contributed by atoms with E-state index in [4.69, 9.17) is 0 Å². The Hall–Kier alpha value is -1.91. The van der Waals surface area contributed by atoms with E-state index in [1.807, 2.05) is 0 Å². The number of alkyl halides is 3. The summed E-state index contributed by atoms with van der Waals surface area (Å²) in [6.45, 7) is 1.16. The maximum atomic E-state index is 13.0. The number of benzene rings is 1. The van der Waals surface area contributed by atoms with Gasteiger partial charge >= 0.3 is 6.18 Å². The third kappa shape index (κ3) is 3.92. The van der Waals surface area contributed by atoms with Crippen molar-refractivity contribution in [3.05, 3.63) is 48.0 Å². The molecule has 142 valence electrons. The topological polar surface area (TPSA) is 67.2 Å². The average molecular weight is 388 g/mol. The summed E-state index contributed by atoms with van der Waals surface area (Å²) in [6.07, 6.45) is -2.08. The molecule has 1 N–H and O–H groups in total. The fourth-order valence-corrected chi connectivity index (χ4v) is 4.62. The second-order valence-electron chi connectivity index (χ2n) is 6.17. The van der Waals surface area contributed by atoms with Gasteiger partial charge in [-0.1, -0.05) is 12.1 Å². The zero-order valence-electron chi connectivity index (χ0n) is 14.1. The second-order valence-corrected chi connectivity index (χ2v) is 8.06. The number of rotatable bonds is 4. The molecule has 0 spiro atoms. The Morgan fingerprint density at radius 1 is 1.27 bits per heavy atom. The highest BCUT2D eigenvalue weighted by atomic mass is 32.2. The molecule has 6 nitrogen and oxygen atoms in total. The van der Waals surface area contributed by atoms with Gasteiger partial charge in [0.25, 0.3) is 0 Å². The number of imidazole rings is 1. The van der Waals surface area contributed by atoms with E-state index >= 15 is 0 Å². The van der Waals surface area contributed by atoms with Crippen molar-refractivity contribution < 1.29 is 21.6 Å². The fourth-order valence-electron chi connectivity index (χ4n) is 3.04. The number of hydrogen-bond acceptors (Lipinski definition) is 4. The first-order chi connectivity index (χ1) is 12.2. The van der Waals surface area contributed by atoms with Crippen molar-refractivity contribution >= 4 is 10.0 Å². The van der Waals surface area contributed by atoms with Crippen LogP contribution in [-0.2, 0) is 23.5 Å². The van der Waals surface area contributed by atoms with Crippen LogP contribution in [0.1, 0.15) is 17.4 Å². The minimum Gasteiger partial charge on any atom is -0.337 e. The van der Waals surface area contributed by atoms with Crippen LogP contribution < -0.4 is 5.32 Å². The van der Waals surface area contributed by atoms with E-state index in [1.54, 1.807) is 24.0 Å². The Morgan fingerprint density at radius 2 is 1.96 bits per heavy atom. The largest absolute Gasteiger partial charge is 0.393 e. The predicted octanol–water partition coefficient (Wildman–Crippen LogP) is 1.86. The van der Waals surface area contributed by atoms with Crippen LogP contribution in [0, 0.1) is 0 Å². The molecule has 2 heterocycles. The zero-order chi connectivity index (χ0) is 18.9. The van der Waals surface area contributed by atoms with Crippen molar-refractivity contribution in [3.63, 3.8) is 0 Å². The van der Waals surface area contributed by atoms with Crippen molar-refractivity contribution in [1.29, 1.82) is 0 Å². The van der Waals surface area contributed by atoms with Gasteiger partial charge in [0.1, 0.15) is 5.82 Å². The maximum Gasteiger partial charge on any atom is 0.393 e. The number of hydrogen-bond donors (Lipinski definition) is 1. The average Bonchev–Trinajstić information content (AvgIpc) is 3.00. The fraction of sp³-hybridized carbons (Fsp3) is 0.438. The smallest absolute Gasteiger partial charge is 0.337 e. The quantitative estimate of drug-likeness (QED) is 0.868. The van der Waals surface area contributed by atoms with E-state index in [1.165, 1.54) is 28.6 Å². The molecular formula is C16H19F3N4O2S. The van der Waals surface area contributed by atoms with Gasteiger partial charge in [-0.3, -0.25) is 0 Å². The van der Waals surface area contributed by atoms with E-state index in [0.29, 0.717) is 18.9 Å². The van der Waals surface area contributed by atoms with Gasteiger partial charge in [0.2, 0.25) is 10.0 Å². The molecule has 1 unspecified atom stereocenters. The Kier molecular flexibility index (Phi) is 5.09. The lowest BCUT2D eigenvalue weighted by atomic mass is 10.1. The standard InChI is InChI=1S/C16H19F3N4O2S/c1-22-8-7-21-15(22)14-11-20-6-9-23(14)26(24,25)13-4-2-12(3-5-13)10-16(17,18)19/h2-5,7-8,14,20H,6,9-11H2,1H3. The zero-order valence-corrected chi connectivity index (χ0v) is 14.9. The molecule has 1 aliphatic heterocycles. The molecule has 3 rings (SSSR count). The van der Waals surface area contributed by atoms with Gasteiger partial charge in [-0.2, -0.15) is 17.5 Å². The second kappa shape index (κ2) is 7.01. The monoisotopic (exact) mass is 388 g/mol. The van der Waals surface area contributed by atoms with Gasteiger partial charge in [-0.25, -0.2) is 13.4 Å². The van der Waals surface area contributed by atoms with Gasteiger partial charge in [-0.15, -0.1) is 0 Å². The van der Waals surface area contributed by atoms with Crippen LogP contribution in [0.15, 0.2) is 41.6 Å². The molecule has 0 bridgehead atoms. The number of aryl methyl sites for hydroxylation is 1. The number of piperazine rings is 1. The summed E-state index contributed by atoms with van der Waals surface area (Å²) in [5.41, 5.74) is 0.0254. The number of nitrogens with one attached hydrogen (secondary N) is 1. The third-order valence-electron chi connectivity index (χ3n) is 4.29. The summed E-state index contributed by atoms with van der Waals surface area (Å²) in [6, 6.07) is 4.39.